The van der Waals surface area contributed by atoms with Crippen molar-refractivity contribution in [3.8, 4) is 0 Å². The van der Waals surface area contributed by atoms with Gasteiger partial charge in [0, 0.05) is 26.1 Å². The number of sulfonamides is 1. The van der Waals surface area contributed by atoms with Crippen LogP contribution in [0.3, 0.4) is 0 Å². The van der Waals surface area contributed by atoms with Gasteiger partial charge in [0.2, 0.25) is 11.8 Å². The highest BCUT2D eigenvalue weighted by molar-refractivity contribution is 7.90. The molecule has 2 aromatic carbocycles. The van der Waals surface area contributed by atoms with E-state index in [1.54, 1.807) is 12.1 Å². The lowest BCUT2D eigenvalue weighted by Crippen LogP contribution is -2.50. The predicted octanol–water partition coefficient (Wildman–Crippen LogP) is 2.21. The minimum absolute atomic E-state index is 0.0443. The van der Waals surface area contributed by atoms with Gasteiger partial charge in [-0.25, -0.2) is 12.7 Å². The predicted molar refractivity (Wildman–Crippen MR) is 124 cm³/mol. The highest BCUT2D eigenvalue weighted by Gasteiger charge is 2.41. The van der Waals surface area contributed by atoms with Crippen molar-refractivity contribution in [2.24, 2.45) is 0 Å². The molecule has 0 bridgehead atoms. The van der Waals surface area contributed by atoms with Crippen LogP contribution in [0.5, 0.6) is 0 Å². The van der Waals surface area contributed by atoms with Gasteiger partial charge in [-0.05, 0) is 37.5 Å². The van der Waals surface area contributed by atoms with Crippen LogP contribution in [0.1, 0.15) is 42.6 Å². The van der Waals surface area contributed by atoms with Gasteiger partial charge in [0.15, 0.2) is 0 Å². The molecular weight excluding hydrogens is 442 g/mol. The lowest BCUT2D eigenvalue weighted by atomic mass is 10.1. The Hall–Kier alpha value is -3.20. The third-order valence-electron chi connectivity index (χ3n) is 5.66. The standard InChI is InChI=1S/C24H29N3O5S/c1-3-20(23(29)25-4-2)26(16-14-18-10-6-5-7-11-18)22(28)15-17-27-24(30)19-12-8-9-13-21(19)33(27,31)32/h5-13,20H,3-4,14-17H2,1-2H3,(H,25,29)/t20-/m1/s1. The van der Waals surface area contributed by atoms with Crippen LogP contribution in [-0.2, 0) is 26.0 Å². The summed E-state index contributed by atoms with van der Waals surface area (Å²) in [6.07, 6.45) is 0.761. The van der Waals surface area contributed by atoms with E-state index in [-0.39, 0.29) is 35.2 Å². The summed E-state index contributed by atoms with van der Waals surface area (Å²) in [4.78, 5) is 40.0. The molecule has 33 heavy (non-hydrogen) atoms. The number of hydrogen-bond donors (Lipinski definition) is 1. The Labute approximate surface area is 194 Å². The molecule has 0 spiro atoms. The van der Waals surface area contributed by atoms with E-state index in [1.165, 1.54) is 17.0 Å². The molecule has 2 aromatic rings. The number of likely N-dealkylation sites (N-methyl/N-ethyl adjacent to an activating group) is 1. The second-order valence-electron chi connectivity index (χ2n) is 7.77. The molecule has 0 fully saturated rings. The average molecular weight is 472 g/mol. The number of fused-ring (bicyclic) bond motifs is 1. The monoisotopic (exact) mass is 471 g/mol. The fourth-order valence-electron chi connectivity index (χ4n) is 3.98. The first kappa shape index (κ1) is 24.4. The van der Waals surface area contributed by atoms with Crippen LogP contribution in [0, 0.1) is 0 Å². The molecule has 3 rings (SSSR count). The maximum atomic E-state index is 13.2. The maximum absolute atomic E-state index is 13.2. The quantitative estimate of drug-likeness (QED) is 0.572. The fourth-order valence-corrected chi connectivity index (χ4v) is 5.55. The summed E-state index contributed by atoms with van der Waals surface area (Å²) in [6, 6.07) is 14.9. The van der Waals surface area contributed by atoms with Crippen LogP contribution in [0.2, 0.25) is 0 Å². The SMILES string of the molecule is CCNC(=O)[C@@H](CC)N(CCc1ccccc1)C(=O)CCN1C(=O)c2ccccc2S1(=O)=O. The zero-order valence-electron chi connectivity index (χ0n) is 18.9. The molecule has 1 N–H and O–H groups in total. The molecule has 0 unspecified atom stereocenters. The summed E-state index contributed by atoms with van der Waals surface area (Å²) >= 11 is 0. The lowest BCUT2D eigenvalue weighted by molar-refractivity contribution is -0.140. The fraction of sp³-hybridized carbons (Fsp3) is 0.375. The number of nitrogens with one attached hydrogen (secondary N) is 1. The summed E-state index contributed by atoms with van der Waals surface area (Å²) in [7, 11) is -3.99. The van der Waals surface area contributed by atoms with E-state index >= 15 is 0 Å². The van der Waals surface area contributed by atoms with E-state index in [1.807, 2.05) is 44.2 Å². The van der Waals surface area contributed by atoms with Crippen LogP contribution < -0.4 is 5.32 Å². The summed E-state index contributed by atoms with van der Waals surface area (Å²) in [5, 5.41) is 2.77. The third-order valence-corrected chi connectivity index (χ3v) is 7.50. The van der Waals surface area contributed by atoms with Gasteiger partial charge in [0.05, 0.1) is 5.56 Å². The van der Waals surface area contributed by atoms with Gasteiger partial charge < -0.3 is 10.2 Å². The molecular formula is C24H29N3O5S. The van der Waals surface area contributed by atoms with Crippen LogP contribution >= 0.6 is 0 Å². The van der Waals surface area contributed by atoms with E-state index < -0.39 is 22.0 Å². The van der Waals surface area contributed by atoms with Crippen molar-refractivity contribution in [3.05, 3.63) is 65.7 Å². The first-order valence-electron chi connectivity index (χ1n) is 11.1. The third kappa shape index (κ3) is 5.24. The topological polar surface area (TPSA) is 104 Å². The molecule has 1 heterocycles. The van der Waals surface area contributed by atoms with Gasteiger partial charge in [-0.2, -0.15) is 0 Å². The van der Waals surface area contributed by atoms with Crippen molar-refractivity contribution in [2.75, 3.05) is 19.6 Å². The number of benzene rings is 2. The number of nitrogens with zero attached hydrogens (tertiary/aromatic N) is 2. The molecule has 1 aliphatic rings. The Kier molecular flexibility index (Phi) is 7.86. The van der Waals surface area contributed by atoms with Crippen LogP contribution in [-0.4, -0.2) is 61.0 Å². The zero-order valence-corrected chi connectivity index (χ0v) is 19.7. The van der Waals surface area contributed by atoms with Gasteiger partial charge in [-0.1, -0.05) is 49.4 Å². The van der Waals surface area contributed by atoms with Crippen molar-refractivity contribution in [1.29, 1.82) is 0 Å². The van der Waals surface area contributed by atoms with Crippen molar-refractivity contribution >= 4 is 27.7 Å². The van der Waals surface area contributed by atoms with Gasteiger partial charge in [-0.3, -0.25) is 14.4 Å². The molecule has 1 aliphatic heterocycles. The largest absolute Gasteiger partial charge is 0.355 e. The van der Waals surface area contributed by atoms with Crippen LogP contribution in [0.25, 0.3) is 0 Å². The summed E-state index contributed by atoms with van der Waals surface area (Å²) in [5.74, 6) is -1.26. The average Bonchev–Trinajstić information content (AvgIpc) is 3.01. The zero-order chi connectivity index (χ0) is 24.0. The molecule has 1 atom stereocenters. The smallest absolute Gasteiger partial charge is 0.269 e. The maximum Gasteiger partial charge on any atom is 0.269 e. The van der Waals surface area contributed by atoms with E-state index in [2.05, 4.69) is 5.32 Å². The second kappa shape index (κ2) is 10.6. The van der Waals surface area contributed by atoms with E-state index in [9.17, 15) is 22.8 Å². The molecule has 3 amide bonds. The number of amides is 3. The minimum Gasteiger partial charge on any atom is -0.355 e. The minimum atomic E-state index is -3.99. The molecule has 0 aromatic heterocycles. The van der Waals surface area contributed by atoms with Crippen molar-refractivity contribution in [2.45, 2.75) is 44.0 Å². The molecule has 0 saturated heterocycles. The number of carbonyl (C=O) groups is 3. The summed E-state index contributed by atoms with van der Waals surface area (Å²) in [5.41, 5.74) is 1.13. The number of carbonyl (C=O) groups excluding carboxylic acids is 3. The van der Waals surface area contributed by atoms with Gasteiger partial charge >= 0.3 is 0 Å². The Morgan fingerprint density at radius 2 is 1.70 bits per heavy atom. The first-order valence-corrected chi connectivity index (χ1v) is 12.5. The molecule has 0 aliphatic carbocycles. The second-order valence-corrected chi connectivity index (χ2v) is 9.60. The molecule has 0 radical (unpaired) electrons. The molecule has 8 nitrogen and oxygen atoms in total. The Bertz CT molecular complexity index is 1120. The molecule has 176 valence electrons. The van der Waals surface area contributed by atoms with Crippen molar-refractivity contribution in [1.82, 2.24) is 14.5 Å². The lowest BCUT2D eigenvalue weighted by Gasteiger charge is -2.31. The van der Waals surface area contributed by atoms with E-state index in [4.69, 9.17) is 0 Å². The van der Waals surface area contributed by atoms with Crippen LogP contribution in [0.4, 0.5) is 0 Å². The van der Waals surface area contributed by atoms with E-state index in [0.717, 1.165) is 9.87 Å². The molecule has 0 saturated carbocycles. The first-order chi connectivity index (χ1) is 15.8. The number of rotatable bonds is 10. The van der Waals surface area contributed by atoms with Gasteiger partial charge in [-0.15, -0.1) is 0 Å². The highest BCUT2D eigenvalue weighted by Crippen LogP contribution is 2.30. The number of hydrogen-bond acceptors (Lipinski definition) is 5. The Morgan fingerprint density at radius 1 is 1.03 bits per heavy atom. The van der Waals surface area contributed by atoms with Crippen LogP contribution in [0.15, 0.2) is 59.5 Å². The Morgan fingerprint density at radius 3 is 2.33 bits per heavy atom. The van der Waals surface area contributed by atoms with Gasteiger partial charge in [0.25, 0.3) is 15.9 Å². The van der Waals surface area contributed by atoms with E-state index in [0.29, 0.717) is 25.9 Å². The highest BCUT2D eigenvalue weighted by atomic mass is 32.2. The summed E-state index contributed by atoms with van der Waals surface area (Å²) in [6.45, 7) is 4.10. The van der Waals surface area contributed by atoms with Gasteiger partial charge in [0.1, 0.15) is 10.9 Å². The molecule has 9 heteroatoms. The van der Waals surface area contributed by atoms with Crippen molar-refractivity contribution < 1.29 is 22.8 Å². The summed E-state index contributed by atoms with van der Waals surface area (Å²) < 4.78 is 26.3. The normalized spacial score (nSPS) is 15.1. The van der Waals surface area contributed by atoms with Crippen molar-refractivity contribution in [3.63, 3.8) is 0 Å². The Balaban J connectivity index is 1.76.